The monoisotopic (exact) mass is 298 g/mol. The van der Waals surface area contributed by atoms with Gasteiger partial charge < -0.3 is 16.2 Å². The first-order chi connectivity index (χ1) is 9.77. The maximum absolute atomic E-state index is 12.4. The molecule has 0 saturated carbocycles. The van der Waals surface area contributed by atoms with Crippen LogP contribution >= 0.6 is 0 Å². The predicted molar refractivity (Wildman–Crippen MR) is 68.1 cm³/mol. The average Bonchev–Trinajstić information content (AvgIpc) is 2.40. The average molecular weight is 298 g/mol. The molecular weight excluding hydrogens is 289 g/mol. The van der Waals surface area contributed by atoms with Crippen molar-refractivity contribution in [3.05, 3.63) is 41.9 Å². The van der Waals surface area contributed by atoms with Crippen molar-refractivity contribution >= 4 is 23.2 Å². The van der Waals surface area contributed by atoms with Crippen LogP contribution in [0.3, 0.4) is 0 Å². The van der Waals surface area contributed by atoms with Gasteiger partial charge in [-0.2, -0.15) is 13.2 Å². The largest absolute Gasteiger partial charge is 0.477 e. The van der Waals surface area contributed by atoms with Gasteiger partial charge >= 0.3 is 12.1 Å². The second-order valence-electron chi connectivity index (χ2n) is 3.99. The van der Waals surface area contributed by atoms with Crippen molar-refractivity contribution in [3.63, 3.8) is 0 Å². The first kappa shape index (κ1) is 14.6. The molecule has 2 heterocycles. The van der Waals surface area contributed by atoms with Crippen molar-refractivity contribution < 1.29 is 23.1 Å². The van der Waals surface area contributed by atoms with E-state index in [1.54, 1.807) is 0 Å². The summed E-state index contributed by atoms with van der Waals surface area (Å²) < 4.78 is 37.1. The Morgan fingerprint density at radius 1 is 1.24 bits per heavy atom. The van der Waals surface area contributed by atoms with E-state index in [1.807, 2.05) is 0 Å². The molecule has 2 rings (SSSR count). The number of aromatic carboxylic acids is 1. The second-order valence-corrected chi connectivity index (χ2v) is 3.99. The molecule has 0 fully saturated rings. The molecule has 6 nitrogen and oxygen atoms in total. The Morgan fingerprint density at radius 3 is 2.48 bits per heavy atom. The van der Waals surface area contributed by atoms with E-state index in [9.17, 15) is 18.0 Å². The van der Waals surface area contributed by atoms with Gasteiger partial charge in [0.15, 0.2) is 11.5 Å². The molecule has 2 aromatic rings. The molecule has 9 heteroatoms. The molecule has 2 aromatic heterocycles. The molecule has 0 saturated heterocycles. The number of pyridine rings is 2. The zero-order valence-electron chi connectivity index (χ0n) is 10.3. The highest BCUT2D eigenvalue weighted by Gasteiger charge is 2.32. The molecule has 0 unspecified atom stereocenters. The highest BCUT2D eigenvalue weighted by Crippen LogP contribution is 2.28. The van der Waals surface area contributed by atoms with Crippen molar-refractivity contribution in [2.45, 2.75) is 6.18 Å². The van der Waals surface area contributed by atoms with Gasteiger partial charge in [0.25, 0.3) is 0 Å². The van der Waals surface area contributed by atoms with Crippen LogP contribution < -0.4 is 11.1 Å². The van der Waals surface area contributed by atoms with Crippen LogP contribution in [0.5, 0.6) is 0 Å². The number of nitrogens with two attached hydrogens (primary N) is 1. The lowest BCUT2D eigenvalue weighted by molar-refractivity contribution is -0.141. The summed E-state index contributed by atoms with van der Waals surface area (Å²) in [5.41, 5.74) is 4.69. The lowest BCUT2D eigenvalue weighted by Gasteiger charge is -2.10. The molecule has 0 spiro atoms. The Bertz CT molecular complexity index is 671. The van der Waals surface area contributed by atoms with E-state index in [4.69, 9.17) is 10.8 Å². The number of aromatic nitrogens is 2. The number of nitrogen functional groups attached to an aromatic ring is 1. The van der Waals surface area contributed by atoms with E-state index in [1.165, 1.54) is 12.1 Å². The van der Waals surface area contributed by atoms with Crippen molar-refractivity contribution in [3.8, 4) is 0 Å². The molecular formula is C12H9F3N4O2. The fourth-order valence-corrected chi connectivity index (χ4v) is 1.46. The summed E-state index contributed by atoms with van der Waals surface area (Å²) in [4.78, 5) is 17.8. The van der Waals surface area contributed by atoms with Crippen LogP contribution in [0.4, 0.5) is 30.4 Å². The topological polar surface area (TPSA) is 101 Å². The zero-order valence-corrected chi connectivity index (χ0v) is 10.3. The summed E-state index contributed by atoms with van der Waals surface area (Å²) in [7, 11) is 0. The maximum Gasteiger partial charge on any atom is 0.433 e. The van der Waals surface area contributed by atoms with Crippen LogP contribution in [-0.4, -0.2) is 21.0 Å². The van der Waals surface area contributed by atoms with E-state index < -0.39 is 17.8 Å². The third kappa shape index (κ3) is 3.38. The van der Waals surface area contributed by atoms with Gasteiger partial charge in [-0.15, -0.1) is 0 Å². The van der Waals surface area contributed by atoms with Crippen LogP contribution in [-0.2, 0) is 6.18 Å². The Labute approximate surface area is 116 Å². The molecule has 0 aliphatic heterocycles. The van der Waals surface area contributed by atoms with E-state index >= 15 is 0 Å². The highest BCUT2D eigenvalue weighted by atomic mass is 19.4. The Hall–Kier alpha value is -2.84. The Morgan fingerprint density at radius 2 is 1.95 bits per heavy atom. The predicted octanol–water partition coefficient (Wildman–Crippen LogP) is 2.52. The first-order valence-electron chi connectivity index (χ1n) is 5.57. The minimum Gasteiger partial charge on any atom is -0.477 e. The van der Waals surface area contributed by atoms with Gasteiger partial charge in [-0.1, -0.05) is 0 Å². The molecule has 0 aliphatic rings. The van der Waals surface area contributed by atoms with E-state index in [2.05, 4.69) is 15.3 Å². The summed E-state index contributed by atoms with van der Waals surface area (Å²) in [6.07, 6.45) is -3.57. The molecule has 0 atom stereocenters. The minimum atomic E-state index is -4.53. The number of nitrogens with one attached hydrogen (secondary N) is 1. The molecule has 0 amide bonds. The van der Waals surface area contributed by atoms with Crippen molar-refractivity contribution in [1.29, 1.82) is 0 Å². The number of hydrogen-bond donors (Lipinski definition) is 3. The fourth-order valence-electron chi connectivity index (χ4n) is 1.46. The Balaban J connectivity index is 2.26. The van der Waals surface area contributed by atoms with Gasteiger partial charge in [-0.25, -0.2) is 14.8 Å². The van der Waals surface area contributed by atoms with Crippen molar-refractivity contribution in [2.75, 3.05) is 11.1 Å². The van der Waals surface area contributed by atoms with Gasteiger partial charge in [0.2, 0.25) is 0 Å². The number of nitrogens with zero attached hydrogens (tertiary/aromatic N) is 2. The third-order valence-electron chi connectivity index (χ3n) is 2.46. The van der Waals surface area contributed by atoms with E-state index in [0.717, 1.165) is 18.3 Å². The summed E-state index contributed by atoms with van der Waals surface area (Å²) in [6.45, 7) is 0. The van der Waals surface area contributed by atoms with Crippen LogP contribution in [0.15, 0.2) is 30.5 Å². The Kier molecular flexibility index (Phi) is 3.66. The molecule has 4 N–H and O–H groups in total. The first-order valence-corrected chi connectivity index (χ1v) is 5.57. The highest BCUT2D eigenvalue weighted by molar-refractivity contribution is 5.87. The molecule has 0 bridgehead atoms. The number of carboxylic acids is 1. The van der Waals surface area contributed by atoms with Gasteiger partial charge in [0.05, 0.1) is 17.6 Å². The molecule has 0 aromatic carbocycles. The quantitative estimate of drug-likeness (QED) is 0.805. The van der Waals surface area contributed by atoms with Gasteiger partial charge in [0, 0.05) is 0 Å². The SMILES string of the molecule is Nc1ccc(C(=O)O)nc1Nc1ccc(C(F)(F)F)nc1. The van der Waals surface area contributed by atoms with Crippen LogP contribution in [0.25, 0.3) is 0 Å². The van der Waals surface area contributed by atoms with Gasteiger partial charge in [-0.3, -0.25) is 0 Å². The van der Waals surface area contributed by atoms with Crippen molar-refractivity contribution in [2.24, 2.45) is 0 Å². The van der Waals surface area contributed by atoms with Crippen LogP contribution in [0.1, 0.15) is 16.2 Å². The normalized spacial score (nSPS) is 11.2. The number of alkyl halides is 3. The number of anilines is 3. The maximum atomic E-state index is 12.4. The van der Waals surface area contributed by atoms with Gasteiger partial charge in [0.1, 0.15) is 5.69 Å². The molecule has 0 radical (unpaired) electrons. The number of halogens is 3. The molecule has 21 heavy (non-hydrogen) atoms. The number of hydrogen-bond acceptors (Lipinski definition) is 5. The summed E-state index contributed by atoms with van der Waals surface area (Å²) >= 11 is 0. The molecule has 0 aliphatic carbocycles. The molecule has 110 valence electrons. The lowest BCUT2D eigenvalue weighted by Crippen LogP contribution is -2.08. The van der Waals surface area contributed by atoms with Gasteiger partial charge in [-0.05, 0) is 24.3 Å². The second kappa shape index (κ2) is 5.27. The summed E-state index contributed by atoms with van der Waals surface area (Å²) in [5.74, 6) is -1.22. The summed E-state index contributed by atoms with van der Waals surface area (Å²) in [5, 5.41) is 11.4. The van der Waals surface area contributed by atoms with E-state index in [0.29, 0.717) is 0 Å². The van der Waals surface area contributed by atoms with Crippen LogP contribution in [0, 0.1) is 0 Å². The van der Waals surface area contributed by atoms with Crippen molar-refractivity contribution in [1.82, 2.24) is 9.97 Å². The number of carboxylic acid groups (broad SMARTS) is 1. The number of carbonyl (C=O) groups is 1. The number of rotatable bonds is 3. The minimum absolute atomic E-state index is 0.0245. The van der Waals surface area contributed by atoms with E-state index in [-0.39, 0.29) is 22.9 Å². The third-order valence-corrected chi connectivity index (χ3v) is 2.46. The zero-order chi connectivity index (χ0) is 15.6. The summed E-state index contributed by atoms with van der Waals surface area (Å²) in [6, 6.07) is 4.48. The smallest absolute Gasteiger partial charge is 0.433 e. The standard InChI is InChI=1S/C12H9F3N4O2/c13-12(14,15)9-4-1-6(5-17-9)18-10-7(16)2-3-8(19-10)11(20)21/h1-5H,16H2,(H,18,19)(H,20,21). The fraction of sp³-hybridized carbons (Fsp3) is 0.0833. The lowest BCUT2D eigenvalue weighted by atomic mass is 10.3. The van der Waals surface area contributed by atoms with Crippen LogP contribution in [0.2, 0.25) is 0 Å².